The van der Waals surface area contributed by atoms with Crippen LogP contribution in [0, 0.1) is 5.41 Å². The molecule has 0 bridgehead atoms. The van der Waals surface area contributed by atoms with Crippen molar-refractivity contribution in [3.8, 4) is 0 Å². The van der Waals surface area contributed by atoms with Crippen LogP contribution >= 0.6 is 0 Å². The Morgan fingerprint density at radius 1 is 1.44 bits per heavy atom. The summed E-state index contributed by atoms with van der Waals surface area (Å²) in [4.78, 5) is 0. The maximum Gasteiger partial charge on any atom is 0.119 e. The summed E-state index contributed by atoms with van der Waals surface area (Å²) in [6.45, 7) is 6.99. The quantitative estimate of drug-likeness (QED) is 0.719. The highest BCUT2D eigenvalue weighted by molar-refractivity contribution is 5.46. The minimum atomic E-state index is 0.129. The van der Waals surface area contributed by atoms with Crippen LogP contribution in [-0.4, -0.2) is 11.7 Å². The van der Waals surface area contributed by atoms with Crippen molar-refractivity contribution in [1.82, 2.24) is 0 Å². The predicted octanol–water partition coefficient (Wildman–Crippen LogP) is 2.92. The standard InChI is InChI=1S/C15H24N2O/c1-15(2,3)10-11-4-5-14(18)12(8-11)9-13(17)6-7-16/h5,8-10,18H,4,6-7,16-17H2,1-3H3. The van der Waals surface area contributed by atoms with E-state index in [4.69, 9.17) is 11.5 Å². The second kappa shape index (κ2) is 5.91. The van der Waals surface area contributed by atoms with Crippen molar-refractivity contribution in [1.29, 1.82) is 0 Å². The highest BCUT2D eigenvalue weighted by Crippen LogP contribution is 2.27. The Morgan fingerprint density at radius 3 is 2.67 bits per heavy atom. The van der Waals surface area contributed by atoms with E-state index in [2.05, 4.69) is 26.8 Å². The topological polar surface area (TPSA) is 72.3 Å². The van der Waals surface area contributed by atoms with Crippen molar-refractivity contribution in [3.05, 3.63) is 46.9 Å². The van der Waals surface area contributed by atoms with Crippen LogP contribution < -0.4 is 11.5 Å². The first-order valence-electron chi connectivity index (χ1n) is 6.31. The molecule has 1 aliphatic rings. The summed E-state index contributed by atoms with van der Waals surface area (Å²) >= 11 is 0. The molecule has 0 saturated heterocycles. The van der Waals surface area contributed by atoms with Crippen LogP contribution in [0.15, 0.2) is 46.9 Å². The van der Waals surface area contributed by atoms with Crippen LogP contribution in [0.5, 0.6) is 0 Å². The van der Waals surface area contributed by atoms with Crippen LogP contribution in [0.1, 0.15) is 33.6 Å². The van der Waals surface area contributed by atoms with Gasteiger partial charge in [0, 0.05) is 11.3 Å². The van der Waals surface area contributed by atoms with Gasteiger partial charge in [-0.3, -0.25) is 0 Å². The third-order valence-corrected chi connectivity index (χ3v) is 2.56. The van der Waals surface area contributed by atoms with Gasteiger partial charge < -0.3 is 16.6 Å². The van der Waals surface area contributed by atoms with Crippen molar-refractivity contribution in [3.63, 3.8) is 0 Å². The average molecular weight is 248 g/mol. The summed E-state index contributed by atoms with van der Waals surface area (Å²) in [5, 5.41) is 9.84. The van der Waals surface area contributed by atoms with Crippen molar-refractivity contribution in [2.75, 3.05) is 6.54 Å². The van der Waals surface area contributed by atoms with Crippen LogP contribution in [0.3, 0.4) is 0 Å². The lowest BCUT2D eigenvalue weighted by Crippen LogP contribution is -2.08. The van der Waals surface area contributed by atoms with E-state index in [1.807, 2.05) is 12.2 Å². The van der Waals surface area contributed by atoms with Gasteiger partial charge in [0.05, 0.1) is 0 Å². The molecule has 100 valence electrons. The normalized spacial score (nSPS) is 19.8. The molecule has 0 saturated carbocycles. The number of hydrogen-bond donors (Lipinski definition) is 3. The average Bonchev–Trinajstić information content (AvgIpc) is 2.21. The van der Waals surface area contributed by atoms with E-state index in [0.717, 1.165) is 12.0 Å². The predicted molar refractivity (Wildman–Crippen MR) is 76.9 cm³/mol. The number of aliphatic hydroxyl groups excluding tert-OH is 1. The smallest absolute Gasteiger partial charge is 0.119 e. The van der Waals surface area contributed by atoms with E-state index in [1.54, 1.807) is 6.08 Å². The summed E-state index contributed by atoms with van der Waals surface area (Å²) in [5.74, 6) is 0.293. The summed E-state index contributed by atoms with van der Waals surface area (Å²) in [7, 11) is 0. The first-order valence-corrected chi connectivity index (χ1v) is 6.31. The molecule has 0 unspecified atom stereocenters. The Balaban J connectivity index is 2.97. The van der Waals surface area contributed by atoms with E-state index >= 15 is 0 Å². The van der Waals surface area contributed by atoms with E-state index in [0.29, 0.717) is 24.4 Å². The Kier molecular flexibility index (Phi) is 4.79. The fourth-order valence-corrected chi connectivity index (χ4v) is 1.88. The van der Waals surface area contributed by atoms with E-state index < -0.39 is 0 Å². The first-order chi connectivity index (χ1) is 8.31. The lowest BCUT2D eigenvalue weighted by molar-refractivity contribution is 0.422. The maximum absolute atomic E-state index is 9.84. The fourth-order valence-electron chi connectivity index (χ4n) is 1.88. The van der Waals surface area contributed by atoms with Gasteiger partial charge in [0.1, 0.15) is 5.76 Å². The van der Waals surface area contributed by atoms with Crippen LogP contribution in [-0.2, 0) is 0 Å². The fraction of sp³-hybridized carbons (Fsp3) is 0.467. The highest BCUT2D eigenvalue weighted by atomic mass is 16.3. The monoisotopic (exact) mass is 248 g/mol. The van der Waals surface area contributed by atoms with Crippen LogP contribution in [0.25, 0.3) is 0 Å². The number of nitrogens with two attached hydrogens (primary N) is 2. The number of hydrogen-bond acceptors (Lipinski definition) is 3. The molecule has 0 fully saturated rings. The van der Waals surface area contributed by atoms with Crippen molar-refractivity contribution in [2.24, 2.45) is 16.9 Å². The molecule has 1 rings (SSSR count). The summed E-state index contributed by atoms with van der Waals surface area (Å²) < 4.78 is 0. The molecule has 0 aromatic rings. The maximum atomic E-state index is 9.84. The zero-order valence-corrected chi connectivity index (χ0v) is 11.5. The summed E-state index contributed by atoms with van der Waals surface area (Å²) in [5.41, 5.74) is 14.1. The second-order valence-electron chi connectivity index (χ2n) is 5.74. The highest BCUT2D eigenvalue weighted by Gasteiger charge is 2.12. The van der Waals surface area contributed by atoms with Gasteiger partial charge >= 0.3 is 0 Å². The van der Waals surface area contributed by atoms with Gasteiger partial charge in [-0.25, -0.2) is 0 Å². The lowest BCUT2D eigenvalue weighted by Gasteiger charge is -2.17. The zero-order chi connectivity index (χ0) is 13.8. The van der Waals surface area contributed by atoms with Gasteiger partial charge in [-0.15, -0.1) is 0 Å². The molecule has 1 aliphatic carbocycles. The van der Waals surface area contributed by atoms with Gasteiger partial charge in [0.25, 0.3) is 0 Å². The molecule has 0 amide bonds. The molecule has 0 spiro atoms. The Hall–Kier alpha value is -1.48. The first kappa shape index (κ1) is 14.6. The zero-order valence-electron chi connectivity index (χ0n) is 11.5. The third kappa shape index (κ3) is 4.80. The van der Waals surface area contributed by atoms with Crippen molar-refractivity contribution < 1.29 is 5.11 Å². The SMILES string of the molecule is CC(C)(C)C=C1C=C(C=C(N)CCN)C(O)=CC1. The minimum Gasteiger partial charge on any atom is -0.508 e. The minimum absolute atomic E-state index is 0.129. The Labute approximate surface area is 110 Å². The van der Waals surface area contributed by atoms with E-state index in [-0.39, 0.29) is 5.41 Å². The lowest BCUT2D eigenvalue weighted by atomic mass is 9.89. The molecule has 5 N–H and O–H groups in total. The third-order valence-electron chi connectivity index (χ3n) is 2.56. The van der Waals surface area contributed by atoms with E-state index in [9.17, 15) is 5.11 Å². The second-order valence-corrected chi connectivity index (χ2v) is 5.74. The number of allylic oxidation sites excluding steroid dienone is 5. The molecule has 0 aromatic heterocycles. The van der Waals surface area contributed by atoms with Crippen LogP contribution in [0.2, 0.25) is 0 Å². The molecule has 18 heavy (non-hydrogen) atoms. The Morgan fingerprint density at radius 2 is 2.11 bits per heavy atom. The summed E-state index contributed by atoms with van der Waals surface area (Å²) in [6, 6.07) is 0. The molecular weight excluding hydrogens is 224 g/mol. The molecule has 0 aromatic carbocycles. The largest absolute Gasteiger partial charge is 0.508 e. The Bertz CT molecular complexity index is 420. The molecule has 0 heterocycles. The van der Waals surface area contributed by atoms with Crippen molar-refractivity contribution >= 4 is 0 Å². The molecular formula is C15H24N2O. The molecule has 0 aliphatic heterocycles. The van der Waals surface area contributed by atoms with Crippen LogP contribution in [0.4, 0.5) is 0 Å². The van der Waals surface area contributed by atoms with Gasteiger partial charge in [0.2, 0.25) is 0 Å². The summed E-state index contributed by atoms with van der Waals surface area (Å²) in [6.07, 6.45) is 9.22. The van der Waals surface area contributed by atoms with Gasteiger partial charge in [-0.1, -0.05) is 26.8 Å². The molecule has 3 nitrogen and oxygen atoms in total. The molecule has 0 radical (unpaired) electrons. The van der Waals surface area contributed by atoms with Gasteiger partial charge in [-0.05, 0) is 48.6 Å². The van der Waals surface area contributed by atoms with E-state index in [1.165, 1.54) is 5.57 Å². The number of rotatable bonds is 3. The number of aliphatic hydroxyl groups is 1. The molecule has 0 atom stereocenters. The van der Waals surface area contributed by atoms with Gasteiger partial charge in [0.15, 0.2) is 0 Å². The van der Waals surface area contributed by atoms with Gasteiger partial charge in [-0.2, -0.15) is 0 Å². The molecule has 3 heteroatoms. The van der Waals surface area contributed by atoms with Crippen molar-refractivity contribution in [2.45, 2.75) is 33.6 Å².